The molecule has 0 spiro atoms. The van der Waals surface area contributed by atoms with E-state index in [0.717, 1.165) is 12.8 Å². The van der Waals surface area contributed by atoms with Gasteiger partial charge in [0.1, 0.15) is 6.17 Å². The third-order valence-electron chi connectivity index (χ3n) is 3.93. The smallest absolute Gasteiger partial charge is 0.101 e. The molecule has 0 radical (unpaired) electrons. The predicted molar refractivity (Wildman–Crippen MR) is 71.3 cm³/mol. The van der Waals surface area contributed by atoms with Gasteiger partial charge >= 0.3 is 0 Å². The molecule has 4 atom stereocenters. The molecule has 0 saturated heterocycles. The number of alkyl halides is 1. The molecule has 4 unspecified atom stereocenters. The van der Waals surface area contributed by atoms with Gasteiger partial charge in [-0.2, -0.15) is 0 Å². The van der Waals surface area contributed by atoms with Gasteiger partial charge in [-0.1, -0.05) is 48.0 Å². The molecule has 1 heteroatoms. The summed E-state index contributed by atoms with van der Waals surface area (Å²) in [5, 5.41) is 0. The van der Waals surface area contributed by atoms with Crippen molar-refractivity contribution in [3.63, 3.8) is 0 Å². The fourth-order valence-corrected chi connectivity index (χ4v) is 2.91. The van der Waals surface area contributed by atoms with E-state index >= 15 is 0 Å². The van der Waals surface area contributed by atoms with Gasteiger partial charge in [-0.25, -0.2) is 4.39 Å². The van der Waals surface area contributed by atoms with Crippen LogP contribution in [0.25, 0.3) is 0 Å². The second-order valence-corrected chi connectivity index (χ2v) is 6.18. The van der Waals surface area contributed by atoms with Gasteiger partial charge in [-0.3, -0.25) is 0 Å². The van der Waals surface area contributed by atoms with Gasteiger partial charge in [0.15, 0.2) is 0 Å². The van der Waals surface area contributed by atoms with Crippen molar-refractivity contribution in [3.05, 3.63) is 0 Å². The SMILES string of the molecule is CCC(C)C(C(C)F)C(CC(C)C)C(C)C. The first kappa shape index (κ1) is 15.9. The van der Waals surface area contributed by atoms with E-state index in [0.29, 0.717) is 23.7 Å². The Morgan fingerprint density at radius 3 is 1.69 bits per heavy atom. The molecule has 0 aliphatic rings. The largest absolute Gasteiger partial charge is 0.247 e. The Kier molecular flexibility index (Phi) is 7.26. The predicted octanol–water partition coefficient (Wildman–Crippen LogP) is 5.33. The van der Waals surface area contributed by atoms with Gasteiger partial charge in [-0.15, -0.1) is 0 Å². The third-order valence-corrected chi connectivity index (χ3v) is 3.93. The maximum Gasteiger partial charge on any atom is 0.101 e. The lowest BCUT2D eigenvalue weighted by atomic mass is 9.70. The Bertz CT molecular complexity index is 172. The molecule has 0 aliphatic heterocycles. The highest BCUT2D eigenvalue weighted by Gasteiger charge is 2.33. The van der Waals surface area contributed by atoms with E-state index in [2.05, 4.69) is 41.5 Å². The molecule has 0 aliphatic carbocycles. The molecule has 0 rings (SSSR count). The Morgan fingerprint density at radius 1 is 0.938 bits per heavy atom. The summed E-state index contributed by atoms with van der Waals surface area (Å²) in [5.74, 6) is 2.49. The first-order valence-electron chi connectivity index (χ1n) is 6.95. The molecule has 16 heavy (non-hydrogen) atoms. The van der Waals surface area contributed by atoms with Crippen LogP contribution >= 0.6 is 0 Å². The van der Waals surface area contributed by atoms with Crippen molar-refractivity contribution >= 4 is 0 Å². The first-order chi connectivity index (χ1) is 7.31. The molecule has 0 fully saturated rings. The van der Waals surface area contributed by atoms with Crippen molar-refractivity contribution in [3.8, 4) is 0 Å². The minimum absolute atomic E-state index is 0.229. The van der Waals surface area contributed by atoms with Crippen LogP contribution in [0.1, 0.15) is 61.3 Å². The highest BCUT2D eigenvalue weighted by atomic mass is 19.1. The fraction of sp³-hybridized carbons (Fsp3) is 1.00. The van der Waals surface area contributed by atoms with Crippen LogP contribution in [-0.4, -0.2) is 6.17 Å². The molecule has 0 aromatic heterocycles. The zero-order valence-corrected chi connectivity index (χ0v) is 12.3. The molecule has 98 valence electrons. The Labute approximate surface area is 102 Å². The van der Waals surface area contributed by atoms with Crippen molar-refractivity contribution < 1.29 is 4.39 Å². The average molecular weight is 230 g/mol. The van der Waals surface area contributed by atoms with Crippen LogP contribution < -0.4 is 0 Å². The van der Waals surface area contributed by atoms with Gasteiger partial charge < -0.3 is 0 Å². The second kappa shape index (κ2) is 7.29. The maximum absolute atomic E-state index is 13.9. The lowest BCUT2D eigenvalue weighted by molar-refractivity contribution is 0.0786. The minimum Gasteiger partial charge on any atom is -0.247 e. The first-order valence-corrected chi connectivity index (χ1v) is 6.95. The lowest BCUT2D eigenvalue weighted by Gasteiger charge is -2.36. The van der Waals surface area contributed by atoms with E-state index in [9.17, 15) is 4.39 Å². The van der Waals surface area contributed by atoms with Crippen molar-refractivity contribution in [2.75, 3.05) is 0 Å². The highest BCUT2D eigenvalue weighted by molar-refractivity contribution is 4.81. The summed E-state index contributed by atoms with van der Waals surface area (Å²) in [7, 11) is 0. The summed E-state index contributed by atoms with van der Waals surface area (Å²) >= 11 is 0. The molecule has 0 amide bonds. The topological polar surface area (TPSA) is 0 Å². The summed E-state index contributed by atoms with van der Waals surface area (Å²) in [5.41, 5.74) is 0. The van der Waals surface area contributed by atoms with Gasteiger partial charge in [0.25, 0.3) is 0 Å². The molecule has 0 heterocycles. The number of hydrogen-bond donors (Lipinski definition) is 0. The van der Waals surface area contributed by atoms with Crippen LogP contribution in [0.2, 0.25) is 0 Å². The fourth-order valence-electron chi connectivity index (χ4n) is 2.91. The van der Waals surface area contributed by atoms with E-state index in [-0.39, 0.29) is 5.92 Å². The molecule has 0 aromatic rings. The lowest BCUT2D eigenvalue weighted by Crippen LogP contribution is -2.33. The maximum atomic E-state index is 13.9. The summed E-state index contributed by atoms with van der Waals surface area (Å²) < 4.78 is 13.9. The van der Waals surface area contributed by atoms with Crippen molar-refractivity contribution in [2.45, 2.75) is 67.5 Å². The van der Waals surface area contributed by atoms with Crippen LogP contribution in [0.15, 0.2) is 0 Å². The number of rotatable bonds is 7. The molecule has 0 aromatic carbocycles. The summed E-state index contributed by atoms with van der Waals surface area (Å²) in [6.07, 6.45) is 1.56. The van der Waals surface area contributed by atoms with Crippen molar-refractivity contribution in [1.29, 1.82) is 0 Å². The van der Waals surface area contributed by atoms with Crippen LogP contribution in [0.4, 0.5) is 4.39 Å². The van der Waals surface area contributed by atoms with E-state index in [1.165, 1.54) is 0 Å². The van der Waals surface area contributed by atoms with Crippen LogP contribution in [-0.2, 0) is 0 Å². The van der Waals surface area contributed by atoms with Crippen LogP contribution in [0.3, 0.4) is 0 Å². The normalized spacial score (nSPS) is 19.9. The molecule has 0 nitrogen and oxygen atoms in total. The quantitative estimate of drug-likeness (QED) is 0.555. The van der Waals surface area contributed by atoms with Crippen molar-refractivity contribution in [2.24, 2.45) is 29.6 Å². The van der Waals surface area contributed by atoms with E-state index in [4.69, 9.17) is 0 Å². The Hall–Kier alpha value is -0.0700. The molecule has 0 saturated carbocycles. The Morgan fingerprint density at radius 2 is 1.44 bits per heavy atom. The van der Waals surface area contributed by atoms with Gasteiger partial charge in [-0.05, 0) is 42.9 Å². The van der Waals surface area contributed by atoms with Crippen LogP contribution in [0, 0.1) is 29.6 Å². The van der Waals surface area contributed by atoms with Crippen LogP contribution in [0.5, 0.6) is 0 Å². The molecule has 0 N–H and O–H groups in total. The standard InChI is InChI=1S/C15H31F/c1-8-12(6)15(13(7)16)14(11(4)5)9-10(2)3/h10-15H,8-9H2,1-7H3. The monoisotopic (exact) mass is 230 g/mol. The van der Waals surface area contributed by atoms with E-state index < -0.39 is 6.17 Å². The third kappa shape index (κ3) is 4.84. The number of hydrogen-bond acceptors (Lipinski definition) is 0. The molecular weight excluding hydrogens is 199 g/mol. The van der Waals surface area contributed by atoms with Gasteiger partial charge in [0.05, 0.1) is 0 Å². The van der Waals surface area contributed by atoms with E-state index in [1.807, 2.05) is 0 Å². The zero-order valence-electron chi connectivity index (χ0n) is 12.3. The molecular formula is C15H31F. The zero-order chi connectivity index (χ0) is 12.9. The molecule has 0 bridgehead atoms. The Balaban J connectivity index is 4.79. The summed E-state index contributed by atoms with van der Waals surface area (Å²) in [4.78, 5) is 0. The average Bonchev–Trinajstić information content (AvgIpc) is 2.14. The van der Waals surface area contributed by atoms with Crippen molar-refractivity contribution in [1.82, 2.24) is 0 Å². The number of halogens is 1. The van der Waals surface area contributed by atoms with E-state index in [1.54, 1.807) is 6.92 Å². The summed E-state index contributed by atoms with van der Waals surface area (Å²) in [6.45, 7) is 15.1. The summed E-state index contributed by atoms with van der Waals surface area (Å²) in [6, 6.07) is 0. The highest BCUT2D eigenvalue weighted by Crippen LogP contribution is 2.37. The second-order valence-electron chi connectivity index (χ2n) is 6.18. The minimum atomic E-state index is -0.680. The van der Waals surface area contributed by atoms with Gasteiger partial charge in [0, 0.05) is 0 Å². The van der Waals surface area contributed by atoms with Gasteiger partial charge in [0.2, 0.25) is 0 Å².